The average molecular weight is 233 g/mol. The van der Waals surface area contributed by atoms with Crippen molar-refractivity contribution >= 4 is 5.91 Å². The Morgan fingerprint density at radius 2 is 2.35 bits per heavy atom. The predicted octanol–water partition coefficient (Wildman–Crippen LogP) is 2.85. The summed E-state index contributed by atoms with van der Waals surface area (Å²) < 4.78 is 5.23. The fourth-order valence-corrected chi connectivity index (χ4v) is 1.43. The summed E-state index contributed by atoms with van der Waals surface area (Å²) >= 11 is 0. The van der Waals surface area contributed by atoms with Crippen LogP contribution >= 0.6 is 0 Å². The van der Waals surface area contributed by atoms with Gasteiger partial charge < -0.3 is 9.73 Å². The Kier molecular flexibility index (Phi) is 5.86. The number of hydrogen-bond donors (Lipinski definition) is 1. The minimum atomic E-state index is -0.0601. The molecule has 1 aromatic rings. The Labute approximate surface area is 102 Å². The molecule has 0 fully saturated rings. The van der Waals surface area contributed by atoms with Gasteiger partial charge >= 0.3 is 0 Å². The van der Waals surface area contributed by atoms with Gasteiger partial charge in [-0.3, -0.25) is 4.79 Å². The minimum absolute atomic E-state index is 0.0601. The van der Waals surface area contributed by atoms with Gasteiger partial charge in [-0.2, -0.15) is 0 Å². The molecule has 0 bridgehead atoms. The normalized spacial score (nSPS) is 13.3. The zero-order valence-corrected chi connectivity index (χ0v) is 10.3. The van der Waals surface area contributed by atoms with Crippen LogP contribution in [-0.2, 0) is 11.2 Å². The molecule has 0 aliphatic carbocycles. The third-order valence-electron chi connectivity index (χ3n) is 2.34. The van der Waals surface area contributed by atoms with E-state index in [1.807, 2.05) is 38.1 Å². The lowest BCUT2D eigenvalue weighted by Gasteiger charge is -2.11. The van der Waals surface area contributed by atoms with E-state index >= 15 is 0 Å². The molecular formula is C14H19NO2. The quantitative estimate of drug-likeness (QED) is 0.606. The van der Waals surface area contributed by atoms with Crippen LogP contribution in [-0.4, -0.2) is 11.9 Å². The number of allylic oxidation sites excluding steroid dienone is 3. The molecule has 0 radical (unpaired) electrons. The van der Waals surface area contributed by atoms with Gasteiger partial charge in [0.2, 0.25) is 5.91 Å². The van der Waals surface area contributed by atoms with Crippen LogP contribution in [0.3, 0.4) is 0 Å². The fraction of sp³-hybridized carbons (Fsp3) is 0.357. The molecule has 1 rings (SSSR count). The molecule has 0 saturated carbocycles. The van der Waals surface area contributed by atoms with Gasteiger partial charge in [-0.1, -0.05) is 18.2 Å². The van der Waals surface area contributed by atoms with E-state index in [0.717, 1.165) is 18.6 Å². The Bertz CT molecular complexity index is 377. The highest BCUT2D eigenvalue weighted by Gasteiger charge is 2.05. The van der Waals surface area contributed by atoms with Crippen molar-refractivity contribution in [3.8, 4) is 0 Å². The Balaban J connectivity index is 2.24. The third kappa shape index (κ3) is 5.76. The Morgan fingerprint density at radius 3 is 3.00 bits per heavy atom. The van der Waals surface area contributed by atoms with Crippen molar-refractivity contribution in [2.24, 2.45) is 0 Å². The second-order valence-corrected chi connectivity index (χ2v) is 3.91. The smallest absolute Gasteiger partial charge is 0.244 e. The van der Waals surface area contributed by atoms with Crippen molar-refractivity contribution in [3.63, 3.8) is 0 Å². The predicted molar refractivity (Wildman–Crippen MR) is 68.6 cm³/mol. The lowest BCUT2D eigenvalue weighted by Crippen LogP contribution is -2.31. The van der Waals surface area contributed by atoms with Crippen molar-refractivity contribution in [1.29, 1.82) is 0 Å². The molecule has 0 spiro atoms. The first-order valence-corrected chi connectivity index (χ1v) is 5.84. The van der Waals surface area contributed by atoms with Crippen LogP contribution in [0.25, 0.3) is 0 Å². The first kappa shape index (κ1) is 13.3. The van der Waals surface area contributed by atoms with Crippen LogP contribution in [0.15, 0.2) is 47.1 Å². The Hall–Kier alpha value is -1.77. The van der Waals surface area contributed by atoms with Crippen LogP contribution < -0.4 is 5.32 Å². The summed E-state index contributed by atoms with van der Waals surface area (Å²) in [7, 11) is 0. The zero-order valence-electron chi connectivity index (χ0n) is 10.3. The van der Waals surface area contributed by atoms with E-state index < -0.39 is 0 Å². The summed E-state index contributed by atoms with van der Waals surface area (Å²) in [6, 6.07) is 3.96. The summed E-state index contributed by atoms with van der Waals surface area (Å²) in [5.41, 5.74) is 0. The highest BCUT2D eigenvalue weighted by Crippen LogP contribution is 2.05. The van der Waals surface area contributed by atoms with Gasteiger partial charge in [0, 0.05) is 18.5 Å². The summed E-state index contributed by atoms with van der Waals surface area (Å²) in [6.07, 6.45) is 10.3. The summed E-state index contributed by atoms with van der Waals surface area (Å²) in [4.78, 5) is 11.4. The average Bonchev–Trinajstić information content (AvgIpc) is 2.79. The van der Waals surface area contributed by atoms with Gasteiger partial charge in [-0.15, -0.1) is 0 Å². The van der Waals surface area contributed by atoms with Gasteiger partial charge in [-0.25, -0.2) is 0 Å². The highest BCUT2D eigenvalue weighted by atomic mass is 16.3. The summed E-state index contributed by atoms with van der Waals surface area (Å²) in [6.45, 7) is 3.90. The van der Waals surface area contributed by atoms with E-state index in [1.54, 1.807) is 12.3 Å². The first-order chi connectivity index (χ1) is 8.22. The molecule has 0 saturated heterocycles. The molecule has 1 heterocycles. The first-order valence-electron chi connectivity index (χ1n) is 5.84. The standard InChI is InChI=1S/C14H19NO2/c1-3-4-5-8-14(16)15-12(2)9-10-13-7-6-11-17-13/h3-8,11-12H,9-10H2,1-2H3,(H,15,16)/b4-3+,8-5-/t12-/m0/s1. The van der Waals surface area contributed by atoms with E-state index in [0.29, 0.717) is 0 Å². The highest BCUT2D eigenvalue weighted by molar-refractivity contribution is 5.87. The Morgan fingerprint density at radius 1 is 1.53 bits per heavy atom. The van der Waals surface area contributed by atoms with Crippen LogP contribution in [0.5, 0.6) is 0 Å². The van der Waals surface area contributed by atoms with Crippen molar-refractivity contribution in [2.75, 3.05) is 0 Å². The molecule has 92 valence electrons. The number of rotatable bonds is 6. The fourth-order valence-electron chi connectivity index (χ4n) is 1.43. The van der Waals surface area contributed by atoms with Gasteiger partial charge in [0.15, 0.2) is 0 Å². The second-order valence-electron chi connectivity index (χ2n) is 3.91. The van der Waals surface area contributed by atoms with E-state index in [4.69, 9.17) is 4.42 Å². The van der Waals surface area contributed by atoms with Crippen LogP contribution in [0, 0.1) is 0 Å². The third-order valence-corrected chi connectivity index (χ3v) is 2.34. The van der Waals surface area contributed by atoms with E-state index in [1.165, 1.54) is 6.08 Å². The molecule has 1 amide bonds. The lowest BCUT2D eigenvalue weighted by atomic mass is 10.1. The van der Waals surface area contributed by atoms with Crippen molar-refractivity contribution in [3.05, 3.63) is 48.5 Å². The van der Waals surface area contributed by atoms with Crippen LogP contribution in [0.4, 0.5) is 0 Å². The molecule has 3 heteroatoms. The van der Waals surface area contributed by atoms with Crippen molar-refractivity contribution in [2.45, 2.75) is 32.7 Å². The maximum atomic E-state index is 11.4. The van der Waals surface area contributed by atoms with Gasteiger partial charge in [-0.05, 0) is 32.4 Å². The number of nitrogens with one attached hydrogen (secondary N) is 1. The lowest BCUT2D eigenvalue weighted by molar-refractivity contribution is -0.117. The molecule has 17 heavy (non-hydrogen) atoms. The number of furan rings is 1. The van der Waals surface area contributed by atoms with E-state index in [-0.39, 0.29) is 11.9 Å². The zero-order chi connectivity index (χ0) is 12.5. The number of carbonyl (C=O) groups is 1. The van der Waals surface area contributed by atoms with Crippen molar-refractivity contribution in [1.82, 2.24) is 5.32 Å². The van der Waals surface area contributed by atoms with Gasteiger partial charge in [0.05, 0.1) is 6.26 Å². The molecule has 0 aliphatic rings. The molecule has 0 aromatic carbocycles. The van der Waals surface area contributed by atoms with Crippen molar-refractivity contribution < 1.29 is 9.21 Å². The molecular weight excluding hydrogens is 214 g/mol. The maximum absolute atomic E-state index is 11.4. The summed E-state index contributed by atoms with van der Waals surface area (Å²) in [5, 5.41) is 2.90. The van der Waals surface area contributed by atoms with Crippen LogP contribution in [0.1, 0.15) is 26.0 Å². The van der Waals surface area contributed by atoms with Gasteiger partial charge in [0.1, 0.15) is 5.76 Å². The van der Waals surface area contributed by atoms with Crippen LogP contribution in [0.2, 0.25) is 0 Å². The molecule has 1 atom stereocenters. The van der Waals surface area contributed by atoms with E-state index in [2.05, 4.69) is 5.32 Å². The molecule has 1 N–H and O–H groups in total. The number of amides is 1. The number of hydrogen-bond acceptors (Lipinski definition) is 2. The molecule has 1 aromatic heterocycles. The monoisotopic (exact) mass is 233 g/mol. The van der Waals surface area contributed by atoms with Gasteiger partial charge in [0.25, 0.3) is 0 Å². The molecule has 3 nitrogen and oxygen atoms in total. The SMILES string of the molecule is C/C=C/C=C\C(=O)N[C@@H](C)CCc1ccco1. The molecule has 0 aliphatic heterocycles. The largest absolute Gasteiger partial charge is 0.469 e. The molecule has 0 unspecified atom stereocenters. The topological polar surface area (TPSA) is 42.2 Å². The minimum Gasteiger partial charge on any atom is -0.469 e. The maximum Gasteiger partial charge on any atom is 0.244 e. The van der Waals surface area contributed by atoms with E-state index in [9.17, 15) is 4.79 Å². The second kappa shape index (κ2) is 7.49. The number of aryl methyl sites for hydroxylation is 1. The summed E-state index contributed by atoms with van der Waals surface area (Å²) in [5.74, 6) is 0.894. The number of carbonyl (C=O) groups excluding carboxylic acids is 1.